The van der Waals surface area contributed by atoms with Gasteiger partial charge < -0.3 is 11.5 Å². The molecule has 4 aromatic rings. The highest BCUT2D eigenvalue weighted by atomic mass is 35.6. The van der Waals surface area contributed by atoms with Crippen molar-refractivity contribution in [3.8, 4) is 0 Å². The zero-order valence-electron chi connectivity index (χ0n) is 30.0. The van der Waals surface area contributed by atoms with Gasteiger partial charge in [-0.05, 0) is 66.8 Å². The molecule has 0 amide bonds. The van der Waals surface area contributed by atoms with Gasteiger partial charge in [-0.25, -0.2) is 0 Å². The summed E-state index contributed by atoms with van der Waals surface area (Å²) in [5.41, 5.74) is 24.1. The molecule has 0 fully saturated rings. The van der Waals surface area contributed by atoms with Gasteiger partial charge in [0.1, 0.15) is 0 Å². The number of rotatable bonds is 15. The molecule has 0 unspecified atom stereocenters. The molecule has 56 heavy (non-hydrogen) atoms. The maximum Gasteiger partial charge on any atom is 0.194 e. The first kappa shape index (κ1) is 48.2. The van der Waals surface area contributed by atoms with E-state index in [4.69, 9.17) is 151 Å². The van der Waals surface area contributed by atoms with Crippen LogP contribution in [0.2, 0.25) is 12.6 Å². The van der Waals surface area contributed by atoms with Gasteiger partial charge in [-0.15, -0.1) is 0 Å². The monoisotopic (exact) mass is 988 g/mol. The molecular formula is C40H38B2Cl12N2. The van der Waals surface area contributed by atoms with Crippen molar-refractivity contribution in [2.75, 3.05) is 0 Å². The van der Waals surface area contributed by atoms with Crippen molar-refractivity contribution >= 4 is 165 Å². The molecule has 4 N–H and O–H groups in total. The van der Waals surface area contributed by atoms with Gasteiger partial charge in [0.2, 0.25) is 0 Å². The predicted octanol–water partition coefficient (Wildman–Crippen LogP) is 13.9. The van der Waals surface area contributed by atoms with Crippen LogP contribution >= 0.6 is 139 Å². The number of nitrogens with two attached hydrogens (primary N) is 2. The second-order valence-electron chi connectivity index (χ2n) is 13.7. The lowest BCUT2D eigenvalue weighted by Crippen LogP contribution is -2.13. The molecule has 0 saturated heterocycles. The van der Waals surface area contributed by atoms with Crippen LogP contribution in [0.5, 0.6) is 0 Å². The molecule has 4 aromatic carbocycles. The Kier molecular flexibility index (Phi) is 18.4. The summed E-state index contributed by atoms with van der Waals surface area (Å²) in [6, 6.07) is 31.4. The molecule has 0 bridgehead atoms. The molecule has 0 aliphatic carbocycles. The summed E-state index contributed by atoms with van der Waals surface area (Å²) in [6.45, 7) is 0. The summed E-state index contributed by atoms with van der Waals surface area (Å²) >= 11 is 73.7. The maximum atomic E-state index is 6.92. The summed E-state index contributed by atoms with van der Waals surface area (Å²) in [4.78, 5) is 0. The number of alkyl halides is 12. The number of hydrogen-bond acceptors (Lipinski definition) is 2. The van der Waals surface area contributed by atoms with E-state index in [2.05, 4.69) is 0 Å². The van der Waals surface area contributed by atoms with Gasteiger partial charge in [-0.2, -0.15) is 0 Å². The van der Waals surface area contributed by atoms with Gasteiger partial charge in [0.05, 0.1) is 0 Å². The first-order valence-corrected chi connectivity index (χ1v) is 22.2. The SMILES string of the molecule is NC(BCCCCBC(N)=C(c1cccc(CC(Cl)(Cl)Cl)c1)c1cccc(CC(Cl)(Cl)Cl)c1)=C(c1cccc(CC(Cl)(Cl)Cl)c1)c1cccc(CC(Cl)(Cl)Cl)c1. The fraction of sp³-hybridized carbons (Fsp3) is 0.300. The van der Waals surface area contributed by atoms with E-state index in [-0.39, 0.29) is 25.7 Å². The topological polar surface area (TPSA) is 52.0 Å². The minimum absolute atomic E-state index is 0.242. The first-order chi connectivity index (χ1) is 26.1. The molecule has 0 atom stereocenters. The molecule has 16 heteroatoms. The van der Waals surface area contributed by atoms with Gasteiger partial charge >= 0.3 is 0 Å². The molecule has 298 valence electrons. The molecule has 0 radical (unpaired) electrons. The fourth-order valence-electron chi connectivity index (χ4n) is 6.58. The predicted molar refractivity (Wildman–Crippen MR) is 255 cm³/mol. The lowest BCUT2D eigenvalue weighted by Gasteiger charge is -2.18. The molecule has 0 aromatic heterocycles. The molecule has 0 spiro atoms. The van der Waals surface area contributed by atoms with E-state index in [1.165, 1.54) is 0 Å². The van der Waals surface area contributed by atoms with E-state index in [0.29, 0.717) is 14.6 Å². The minimum atomic E-state index is -1.44. The second-order valence-corrected chi connectivity index (χ2v) is 23.7. The summed E-state index contributed by atoms with van der Waals surface area (Å²) in [6.07, 6.45) is 4.52. The third-order valence-electron chi connectivity index (χ3n) is 8.77. The Bertz CT molecular complexity index is 1730. The summed E-state index contributed by atoms with van der Waals surface area (Å²) < 4.78 is -5.76. The van der Waals surface area contributed by atoms with Crippen molar-refractivity contribution in [3.05, 3.63) is 153 Å². The van der Waals surface area contributed by atoms with E-state index < -0.39 is 15.2 Å². The highest BCUT2D eigenvalue weighted by molar-refractivity contribution is 6.69. The average Bonchev–Trinajstić information content (AvgIpc) is 3.04. The minimum Gasteiger partial charge on any atom is -0.409 e. The summed E-state index contributed by atoms with van der Waals surface area (Å²) in [7, 11) is 1.31. The average molecular weight is 994 g/mol. The normalized spacial score (nSPS) is 12.3. The third-order valence-corrected chi connectivity index (χ3v) is 10.4. The van der Waals surface area contributed by atoms with Crippen LogP contribution in [-0.2, 0) is 25.7 Å². The van der Waals surface area contributed by atoms with Crippen molar-refractivity contribution in [2.24, 2.45) is 11.5 Å². The third kappa shape index (κ3) is 17.3. The molecule has 0 aliphatic heterocycles. The molecule has 0 saturated carbocycles. The van der Waals surface area contributed by atoms with E-state index in [9.17, 15) is 0 Å². The second kappa shape index (κ2) is 21.4. The number of benzene rings is 4. The fourth-order valence-corrected chi connectivity index (χ4v) is 8.43. The Morgan fingerprint density at radius 1 is 0.393 bits per heavy atom. The quantitative estimate of drug-likeness (QED) is 0.0708. The summed E-state index contributed by atoms with van der Waals surface area (Å²) in [5, 5.41) is 0. The summed E-state index contributed by atoms with van der Waals surface area (Å²) in [5.74, 6) is 0. The van der Waals surface area contributed by atoms with Crippen molar-refractivity contribution in [2.45, 2.75) is 66.3 Å². The lowest BCUT2D eigenvalue weighted by atomic mass is 9.63. The Labute approximate surface area is 391 Å². The number of hydrogen-bond donors (Lipinski definition) is 2. The van der Waals surface area contributed by atoms with Crippen LogP contribution < -0.4 is 11.5 Å². The largest absolute Gasteiger partial charge is 0.409 e. The molecule has 2 nitrogen and oxygen atoms in total. The Balaban J connectivity index is 1.55. The van der Waals surface area contributed by atoms with E-state index in [1.54, 1.807) is 0 Å². The zero-order chi connectivity index (χ0) is 41.3. The van der Waals surface area contributed by atoms with E-state index in [1.807, 2.05) is 97.1 Å². The van der Waals surface area contributed by atoms with Crippen molar-refractivity contribution in [1.82, 2.24) is 0 Å². The van der Waals surface area contributed by atoms with Crippen molar-refractivity contribution in [3.63, 3.8) is 0 Å². The smallest absolute Gasteiger partial charge is 0.194 e. The van der Waals surface area contributed by atoms with Crippen LogP contribution in [0.15, 0.2) is 108 Å². The van der Waals surface area contributed by atoms with Crippen LogP contribution in [0, 0.1) is 0 Å². The highest BCUT2D eigenvalue weighted by Crippen LogP contribution is 2.37. The Hall–Kier alpha value is -0.430. The Morgan fingerprint density at radius 3 is 0.839 bits per heavy atom. The lowest BCUT2D eigenvalue weighted by molar-refractivity contribution is 0.874. The van der Waals surface area contributed by atoms with E-state index in [0.717, 1.165) is 92.3 Å². The first-order valence-electron chi connectivity index (χ1n) is 17.7. The van der Waals surface area contributed by atoms with Gasteiger partial charge in [0.15, 0.2) is 29.7 Å². The van der Waals surface area contributed by atoms with Gasteiger partial charge in [0.25, 0.3) is 0 Å². The van der Waals surface area contributed by atoms with Crippen LogP contribution in [0.4, 0.5) is 0 Å². The highest BCUT2D eigenvalue weighted by Gasteiger charge is 2.24. The maximum absolute atomic E-state index is 6.92. The van der Waals surface area contributed by atoms with Gasteiger partial charge in [-0.1, -0.05) is 262 Å². The van der Waals surface area contributed by atoms with Crippen molar-refractivity contribution in [1.29, 1.82) is 0 Å². The van der Waals surface area contributed by atoms with Crippen LogP contribution in [0.3, 0.4) is 0 Å². The van der Waals surface area contributed by atoms with Gasteiger partial charge in [0, 0.05) is 25.7 Å². The molecule has 0 heterocycles. The van der Waals surface area contributed by atoms with Crippen molar-refractivity contribution < 1.29 is 0 Å². The molecular weight excluding hydrogens is 956 g/mol. The van der Waals surface area contributed by atoms with E-state index >= 15 is 0 Å². The number of halogens is 12. The van der Waals surface area contributed by atoms with Crippen LogP contribution in [0.1, 0.15) is 57.3 Å². The number of unbranched alkanes of at least 4 members (excludes halogenated alkanes) is 1. The Morgan fingerprint density at radius 2 is 0.625 bits per heavy atom. The molecule has 4 rings (SSSR count). The van der Waals surface area contributed by atoms with Crippen LogP contribution in [-0.4, -0.2) is 29.7 Å². The van der Waals surface area contributed by atoms with Gasteiger partial charge in [-0.3, -0.25) is 0 Å². The molecule has 0 aliphatic rings. The zero-order valence-corrected chi connectivity index (χ0v) is 39.1. The standard InChI is InChI=1S/C40H38B2Cl12N2/c43-37(44,45)21-25-7-3-11-29(17-25)33(30-12-4-8-26(18-30)22-38(46,47)48)35(55)41-15-1-2-16-42-36(56)34(31-13-5-9-27(19-31)23-39(49,50)51)32-14-6-10-28(20-32)24-40(52,53)54/h3-14,17-20,41-42H,1-2,15-16,21-24,55-56H2. The van der Waals surface area contributed by atoms with Crippen LogP contribution in [0.25, 0.3) is 11.1 Å².